The highest BCUT2D eigenvalue weighted by Gasteiger charge is 2.14. The number of hydrogen-bond donors (Lipinski definition) is 1. The van der Waals surface area contributed by atoms with Crippen molar-refractivity contribution in [2.24, 2.45) is 0 Å². The lowest BCUT2D eigenvalue weighted by Gasteiger charge is -2.13. The number of hydrogen-bond acceptors (Lipinski definition) is 5. The van der Waals surface area contributed by atoms with Crippen molar-refractivity contribution < 1.29 is 28.2 Å². The van der Waals surface area contributed by atoms with Crippen LogP contribution >= 0.6 is 0 Å². The SMILES string of the molecule is COc1cc(C)c(COC(=O)CNC(=O)c2ccccc2F)cc1OC. The molecule has 0 saturated carbocycles. The lowest BCUT2D eigenvalue weighted by Crippen LogP contribution is -2.31. The highest BCUT2D eigenvalue weighted by atomic mass is 19.1. The zero-order valence-corrected chi connectivity index (χ0v) is 14.8. The van der Waals surface area contributed by atoms with Gasteiger partial charge in [-0.15, -0.1) is 0 Å². The second-order valence-electron chi connectivity index (χ2n) is 5.46. The average molecular weight is 361 g/mol. The van der Waals surface area contributed by atoms with Gasteiger partial charge in [-0.25, -0.2) is 4.39 Å². The molecule has 0 heterocycles. The van der Waals surface area contributed by atoms with Crippen LogP contribution in [0.5, 0.6) is 11.5 Å². The predicted octanol–water partition coefficient (Wildman–Crippen LogP) is 2.62. The first-order valence-corrected chi connectivity index (χ1v) is 7.86. The molecule has 0 atom stereocenters. The average Bonchev–Trinajstić information content (AvgIpc) is 2.65. The van der Waals surface area contributed by atoms with Gasteiger partial charge in [0.05, 0.1) is 19.8 Å². The first-order chi connectivity index (χ1) is 12.5. The molecule has 1 amide bonds. The van der Waals surface area contributed by atoms with Crippen molar-refractivity contribution in [3.8, 4) is 11.5 Å². The van der Waals surface area contributed by atoms with Crippen LogP contribution in [0.4, 0.5) is 4.39 Å². The molecule has 6 nitrogen and oxygen atoms in total. The molecule has 0 saturated heterocycles. The van der Waals surface area contributed by atoms with Crippen LogP contribution in [0.15, 0.2) is 36.4 Å². The molecule has 2 aromatic carbocycles. The van der Waals surface area contributed by atoms with E-state index in [2.05, 4.69) is 5.32 Å². The van der Waals surface area contributed by atoms with Crippen molar-refractivity contribution >= 4 is 11.9 Å². The number of ether oxygens (including phenoxy) is 3. The molecular weight excluding hydrogens is 341 g/mol. The van der Waals surface area contributed by atoms with Crippen LogP contribution in [0, 0.1) is 12.7 Å². The number of esters is 1. The number of carbonyl (C=O) groups is 2. The Morgan fingerprint density at radius 1 is 1.08 bits per heavy atom. The van der Waals surface area contributed by atoms with Gasteiger partial charge in [-0.2, -0.15) is 0 Å². The van der Waals surface area contributed by atoms with E-state index in [0.717, 1.165) is 11.1 Å². The number of halogens is 1. The minimum Gasteiger partial charge on any atom is -0.493 e. The van der Waals surface area contributed by atoms with E-state index in [1.54, 1.807) is 12.1 Å². The summed E-state index contributed by atoms with van der Waals surface area (Å²) in [6.45, 7) is 1.51. The van der Waals surface area contributed by atoms with E-state index >= 15 is 0 Å². The van der Waals surface area contributed by atoms with E-state index in [4.69, 9.17) is 14.2 Å². The van der Waals surface area contributed by atoms with Crippen molar-refractivity contribution in [2.75, 3.05) is 20.8 Å². The fourth-order valence-corrected chi connectivity index (χ4v) is 2.28. The molecule has 0 spiro atoms. The van der Waals surface area contributed by atoms with Gasteiger partial charge in [0.25, 0.3) is 5.91 Å². The Labute approximate surface area is 150 Å². The quantitative estimate of drug-likeness (QED) is 0.768. The second-order valence-corrected chi connectivity index (χ2v) is 5.46. The molecule has 7 heteroatoms. The Hall–Kier alpha value is -3.09. The van der Waals surface area contributed by atoms with Gasteiger partial charge in [-0.05, 0) is 42.3 Å². The summed E-state index contributed by atoms with van der Waals surface area (Å²) in [6.07, 6.45) is 0. The monoisotopic (exact) mass is 361 g/mol. The molecule has 26 heavy (non-hydrogen) atoms. The van der Waals surface area contributed by atoms with Gasteiger partial charge in [0.1, 0.15) is 19.0 Å². The molecule has 2 rings (SSSR count). The number of carbonyl (C=O) groups excluding carboxylic acids is 2. The maximum atomic E-state index is 13.5. The van der Waals surface area contributed by atoms with Crippen LogP contribution in [0.1, 0.15) is 21.5 Å². The molecule has 0 aliphatic rings. The third kappa shape index (κ3) is 4.72. The van der Waals surface area contributed by atoms with Crippen LogP contribution in [0.25, 0.3) is 0 Å². The molecule has 2 aromatic rings. The minimum atomic E-state index is -0.678. The fourth-order valence-electron chi connectivity index (χ4n) is 2.28. The van der Waals surface area contributed by atoms with E-state index in [-0.39, 0.29) is 18.7 Å². The third-order valence-corrected chi connectivity index (χ3v) is 3.74. The highest BCUT2D eigenvalue weighted by Crippen LogP contribution is 2.30. The van der Waals surface area contributed by atoms with E-state index in [1.807, 2.05) is 6.92 Å². The first kappa shape index (κ1) is 19.2. The van der Waals surface area contributed by atoms with E-state index < -0.39 is 17.7 Å². The van der Waals surface area contributed by atoms with Gasteiger partial charge in [0.15, 0.2) is 11.5 Å². The standard InChI is InChI=1S/C19H20FNO5/c1-12-8-16(24-2)17(25-3)9-13(12)11-26-18(22)10-21-19(23)14-6-4-5-7-15(14)20/h4-9H,10-11H2,1-3H3,(H,21,23). The summed E-state index contributed by atoms with van der Waals surface area (Å²) in [5.74, 6) is -0.861. The summed E-state index contributed by atoms with van der Waals surface area (Å²) < 4.78 is 29.1. The van der Waals surface area contributed by atoms with Crippen molar-refractivity contribution in [3.63, 3.8) is 0 Å². The Bertz CT molecular complexity index is 807. The lowest BCUT2D eigenvalue weighted by atomic mass is 10.1. The number of aryl methyl sites for hydroxylation is 1. The summed E-state index contributed by atoms with van der Waals surface area (Å²) in [5.41, 5.74) is 1.48. The highest BCUT2D eigenvalue weighted by molar-refractivity contribution is 5.96. The van der Waals surface area contributed by atoms with Gasteiger partial charge < -0.3 is 19.5 Å². The Kier molecular flexibility index (Phi) is 6.54. The van der Waals surface area contributed by atoms with Gasteiger partial charge in [-0.1, -0.05) is 12.1 Å². The largest absolute Gasteiger partial charge is 0.493 e. The number of methoxy groups -OCH3 is 2. The Morgan fingerprint density at radius 3 is 2.38 bits per heavy atom. The normalized spacial score (nSPS) is 10.2. The van der Waals surface area contributed by atoms with E-state index in [9.17, 15) is 14.0 Å². The third-order valence-electron chi connectivity index (χ3n) is 3.74. The number of rotatable bonds is 7. The van der Waals surface area contributed by atoms with E-state index in [0.29, 0.717) is 11.5 Å². The summed E-state index contributed by atoms with van der Waals surface area (Å²) in [5, 5.41) is 2.33. The lowest BCUT2D eigenvalue weighted by molar-refractivity contribution is -0.143. The Balaban J connectivity index is 1.91. The van der Waals surface area contributed by atoms with Gasteiger partial charge in [-0.3, -0.25) is 9.59 Å². The maximum absolute atomic E-state index is 13.5. The van der Waals surface area contributed by atoms with Crippen LogP contribution in [-0.2, 0) is 16.1 Å². The molecule has 0 aliphatic carbocycles. The first-order valence-electron chi connectivity index (χ1n) is 7.86. The molecule has 0 unspecified atom stereocenters. The topological polar surface area (TPSA) is 73.9 Å². The number of benzene rings is 2. The van der Waals surface area contributed by atoms with Crippen LogP contribution < -0.4 is 14.8 Å². The van der Waals surface area contributed by atoms with Gasteiger partial charge in [0, 0.05) is 0 Å². The van der Waals surface area contributed by atoms with Crippen molar-refractivity contribution in [1.29, 1.82) is 0 Å². The maximum Gasteiger partial charge on any atom is 0.325 e. The van der Waals surface area contributed by atoms with Crippen molar-refractivity contribution in [1.82, 2.24) is 5.32 Å². The zero-order chi connectivity index (χ0) is 19.1. The van der Waals surface area contributed by atoms with Crippen LogP contribution in [-0.4, -0.2) is 32.6 Å². The summed E-state index contributed by atoms with van der Waals surface area (Å²) in [6, 6.07) is 9.03. The fraction of sp³-hybridized carbons (Fsp3) is 0.263. The molecular formula is C19H20FNO5. The molecule has 1 N–H and O–H groups in total. The molecule has 0 fully saturated rings. The Morgan fingerprint density at radius 2 is 1.73 bits per heavy atom. The predicted molar refractivity (Wildman–Crippen MR) is 92.8 cm³/mol. The smallest absolute Gasteiger partial charge is 0.325 e. The summed E-state index contributed by atoms with van der Waals surface area (Å²) in [4.78, 5) is 23.7. The molecule has 0 radical (unpaired) electrons. The van der Waals surface area contributed by atoms with Crippen LogP contribution in [0.3, 0.4) is 0 Å². The minimum absolute atomic E-state index is 0.0145. The van der Waals surface area contributed by atoms with Crippen LogP contribution in [0.2, 0.25) is 0 Å². The summed E-state index contributed by atoms with van der Waals surface area (Å²) in [7, 11) is 3.05. The molecule has 0 aliphatic heterocycles. The second kappa shape index (κ2) is 8.84. The van der Waals surface area contributed by atoms with Crippen molar-refractivity contribution in [3.05, 3.63) is 58.9 Å². The number of nitrogens with one attached hydrogen (secondary N) is 1. The number of amides is 1. The molecule has 138 valence electrons. The van der Waals surface area contributed by atoms with E-state index in [1.165, 1.54) is 38.5 Å². The summed E-state index contributed by atoms with van der Waals surface area (Å²) >= 11 is 0. The zero-order valence-electron chi connectivity index (χ0n) is 14.8. The van der Waals surface area contributed by atoms with Gasteiger partial charge >= 0.3 is 5.97 Å². The molecule has 0 bridgehead atoms. The molecule has 0 aromatic heterocycles. The van der Waals surface area contributed by atoms with Gasteiger partial charge in [0.2, 0.25) is 0 Å². The van der Waals surface area contributed by atoms with Crippen molar-refractivity contribution in [2.45, 2.75) is 13.5 Å².